The van der Waals surface area contributed by atoms with E-state index in [4.69, 9.17) is 15.9 Å². The first-order chi connectivity index (χ1) is 6.90. The molecule has 0 aliphatic heterocycles. The summed E-state index contributed by atoms with van der Waals surface area (Å²) in [5, 5.41) is 17.4. The number of nitrogens with two attached hydrogens (primary N) is 1. The van der Waals surface area contributed by atoms with Crippen molar-refractivity contribution in [3.63, 3.8) is 0 Å². The molecule has 0 unspecified atom stereocenters. The van der Waals surface area contributed by atoms with Gasteiger partial charge in [0, 0.05) is 11.1 Å². The van der Waals surface area contributed by atoms with E-state index in [1.54, 1.807) is 0 Å². The average molecular weight is 250 g/mol. The van der Waals surface area contributed by atoms with Crippen molar-refractivity contribution in [1.29, 1.82) is 0 Å². The second-order valence-electron chi connectivity index (χ2n) is 3.13. The number of rotatable bonds is 5. The molecule has 0 aliphatic carbocycles. The Morgan fingerprint density at radius 3 is 2.00 bits per heavy atom. The molecule has 0 fully saturated rings. The first-order valence-electron chi connectivity index (χ1n) is 4.44. The zero-order valence-corrected chi connectivity index (χ0v) is 10.0. The van der Waals surface area contributed by atoms with Gasteiger partial charge >= 0.3 is 11.9 Å². The highest BCUT2D eigenvalue weighted by Gasteiger charge is 2.09. The summed E-state index contributed by atoms with van der Waals surface area (Å²) in [4.78, 5) is 21.3. The van der Waals surface area contributed by atoms with E-state index in [2.05, 4.69) is 0 Å². The molecular formula is C10H16ClNO4. The monoisotopic (exact) mass is 249 g/mol. The number of hydrogen-bond acceptors (Lipinski definition) is 3. The van der Waals surface area contributed by atoms with Gasteiger partial charge in [0.25, 0.3) is 0 Å². The number of carboxylic acid groups (broad SMARTS) is 2. The van der Waals surface area contributed by atoms with Gasteiger partial charge in [-0.25, -0.2) is 9.59 Å². The summed E-state index contributed by atoms with van der Waals surface area (Å²) in [6, 6.07) is 0. The fourth-order valence-corrected chi connectivity index (χ4v) is 0.984. The Kier molecular flexibility index (Phi) is 8.43. The normalized spacial score (nSPS) is 12.6. The van der Waals surface area contributed by atoms with E-state index in [1.807, 2.05) is 0 Å². The molecule has 0 rings (SSSR count). The van der Waals surface area contributed by atoms with Crippen LogP contribution in [0.5, 0.6) is 0 Å². The van der Waals surface area contributed by atoms with Crippen molar-refractivity contribution in [2.24, 2.45) is 5.73 Å². The highest BCUT2D eigenvalue weighted by molar-refractivity contribution is 5.90. The van der Waals surface area contributed by atoms with Crippen LogP contribution in [0, 0.1) is 0 Å². The molecule has 0 amide bonds. The number of hydrogen-bond donors (Lipinski definition) is 3. The van der Waals surface area contributed by atoms with E-state index in [0.717, 1.165) is 0 Å². The minimum absolute atomic E-state index is 0. The maximum Gasteiger partial charge on any atom is 0.331 e. The van der Waals surface area contributed by atoms with Crippen LogP contribution >= 0.6 is 12.4 Å². The summed E-state index contributed by atoms with van der Waals surface area (Å²) < 4.78 is 0. The molecule has 0 aromatic heterocycles. The molecule has 0 bridgehead atoms. The molecule has 92 valence electrons. The van der Waals surface area contributed by atoms with Crippen molar-refractivity contribution in [1.82, 2.24) is 0 Å². The van der Waals surface area contributed by atoms with Crippen LogP contribution in [0.1, 0.15) is 20.3 Å². The molecule has 0 saturated carbocycles. The third-order valence-corrected chi connectivity index (χ3v) is 1.94. The SMILES string of the molecule is CC(=CC(CCN)=C(C)C(=O)O)C(=O)O.Cl. The summed E-state index contributed by atoms with van der Waals surface area (Å²) in [6.07, 6.45) is 1.70. The third-order valence-electron chi connectivity index (χ3n) is 1.94. The second kappa shape index (κ2) is 7.90. The van der Waals surface area contributed by atoms with Gasteiger partial charge in [0.15, 0.2) is 0 Å². The van der Waals surface area contributed by atoms with Crippen LogP contribution in [0.3, 0.4) is 0 Å². The third kappa shape index (κ3) is 5.53. The Hall–Kier alpha value is -1.33. The average Bonchev–Trinajstić information content (AvgIpc) is 2.15. The van der Waals surface area contributed by atoms with E-state index in [0.29, 0.717) is 12.0 Å². The maximum atomic E-state index is 10.7. The predicted molar refractivity (Wildman–Crippen MR) is 62.6 cm³/mol. The summed E-state index contributed by atoms with van der Waals surface area (Å²) in [7, 11) is 0. The highest BCUT2D eigenvalue weighted by atomic mass is 35.5. The first kappa shape index (κ1) is 17.1. The smallest absolute Gasteiger partial charge is 0.331 e. The molecule has 0 aromatic rings. The second-order valence-corrected chi connectivity index (χ2v) is 3.13. The topological polar surface area (TPSA) is 101 Å². The molecule has 5 nitrogen and oxygen atoms in total. The number of carbonyl (C=O) groups is 2. The van der Waals surface area contributed by atoms with Crippen LogP contribution < -0.4 is 5.73 Å². The number of carboxylic acids is 2. The molecule has 0 spiro atoms. The molecule has 4 N–H and O–H groups in total. The van der Waals surface area contributed by atoms with Gasteiger partial charge in [-0.15, -0.1) is 12.4 Å². The lowest BCUT2D eigenvalue weighted by atomic mass is 10.0. The van der Waals surface area contributed by atoms with Crippen LogP contribution in [-0.4, -0.2) is 28.7 Å². The molecular weight excluding hydrogens is 234 g/mol. The van der Waals surface area contributed by atoms with Gasteiger partial charge < -0.3 is 15.9 Å². The summed E-state index contributed by atoms with van der Waals surface area (Å²) in [5.41, 5.74) is 5.99. The van der Waals surface area contributed by atoms with Crippen molar-refractivity contribution in [3.05, 3.63) is 22.8 Å². The zero-order valence-electron chi connectivity index (χ0n) is 9.19. The Balaban J connectivity index is 0. The molecule has 0 radical (unpaired) electrons. The quantitative estimate of drug-likeness (QED) is 0.502. The zero-order chi connectivity index (χ0) is 12.0. The van der Waals surface area contributed by atoms with Crippen LogP contribution in [0.4, 0.5) is 0 Å². The first-order valence-corrected chi connectivity index (χ1v) is 4.44. The van der Waals surface area contributed by atoms with Gasteiger partial charge in [-0.3, -0.25) is 0 Å². The van der Waals surface area contributed by atoms with Crippen LogP contribution in [0.2, 0.25) is 0 Å². The molecule has 16 heavy (non-hydrogen) atoms. The molecule has 0 aromatic carbocycles. The highest BCUT2D eigenvalue weighted by Crippen LogP contribution is 2.12. The Morgan fingerprint density at radius 1 is 1.19 bits per heavy atom. The molecule has 6 heteroatoms. The van der Waals surface area contributed by atoms with Gasteiger partial charge in [-0.2, -0.15) is 0 Å². The number of halogens is 1. The van der Waals surface area contributed by atoms with Crippen LogP contribution in [0.25, 0.3) is 0 Å². The van der Waals surface area contributed by atoms with Crippen LogP contribution in [-0.2, 0) is 9.59 Å². The lowest BCUT2D eigenvalue weighted by Gasteiger charge is -2.04. The van der Waals surface area contributed by atoms with Gasteiger partial charge in [-0.05, 0) is 38.5 Å². The molecule has 0 heterocycles. The Bertz CT molecular complexity index is 334. The van der Waals surface area contributed by atoms with E-state index in [-0.39, 0.29) is 30.1 Å². The van der Waals surface area contributed by atoms with Gasteiger partial charge in [0.05, 0.1) is 0 Å². The molecule has 0 saturated heterocycles. The van der Waals surface area contributed by atoms with Crippen molar-refractivity contribution in [3.8, 4) is 0 Å². The Morgan fingerprint density at radius 2 is 1.69 bits per heavy atom. The minimum atomic E-state index is -1.07. The molecule has 0 aliphatic rings. The van der Waals surface area contributed by atoms with Gasteiger partial charge in [0.2, 0.25) is 0 Å². The van der Waals surface area contributed by atoms with Crippen molar-refractivity contribution in [2.75, 3.05) is 6.54 Å². The largest absolute Gasteiger partial charge is 0.478 e. The van der Waals surface area contributed by atoms with Crippen LogP contribution in [0.15, 0.2) is 22.8 Å². The molecule has 0 atom stereocenters. The summed E-state index contributed by atoms with van der Waals surface area (Å²) in [6.45, 7) is 3.12. The summed E-state index contributed by atoms with van der Waals surface area (Å²) >= 11 is 0. The van der Waals surface area contributed by atoms with Gasteiger partial charge in [-0.1, -0.05) is 0 Å². The standard InChI is InChI=1S/C10H15NO4.ClH/c1-6(9(12)13)5-8(3-4-11)7(2)10(14)15;/h5H,3-4,11H2,1-2H3,(H,12,13)(H,14,15);1H. The fraction of sp³-hybridized carbons (Fsp3) is 0.400. The van der Waals surface area contributed by atoms with Gasteiger partial charge in [0.1, 0.15) is 0 Å². The number of allylic oxidation sites excluding steroid dienone is 1. The predicted octanol–water partition coefficient (Wildman–Crippen LogP) is 1.19. The van der Waals surface area contributed by atoms with E-state index in [9.17, 15) is 9.59 Å². The van der Waals surface area contributed by atoms with Crippen molar-refractivity contribution in [2.45, 2.75) is 20.3 Å². The van der Waals surface area contributed by atoms with Crippen molar-refractivity contribution >= 4 is 24.3 Å². The lowest BCUT2D eigenvalue weighted by Crippen LogP contribution is -2.07. The number of aliphatic carboxylic acids is 2. The lowest BCUT2D eigenvalue weighted by molar-refractivity contribution is -0.133. The fourth-order valence-electron chi connectivity index (χ4n) is 0.984. The van der Waals surface area contributed by atoms with Crippen molar-refractivity contribution < 1.29 is 19.8 Å². The summed E-state index contributed by atoms with van der Waals surface area (Å²) in [5.74, 6) is -2.13. The van der Waals surface area contributed by atoms with E-state index >= 15 is 0 Å². The Labute approximate surface area is 100 Å². The maximum absolute atomic E-state index is 10.7. The minimum Gasteiger partial charge on any atom is -0.478 e. The van der Waals surface area contributed by atoms with E-state index < -0.39 is 11.9 Å². The van der Waals surface area contributed by atoms with E-state index in [1.165, 1.54) is 19.9 Å².